The molecule has 7 rings (SSSR count). The van der Waals surface area contributed by atoms with Crippen molar-refractivity contribution in [1.82, 2.24) is 0 Å². The van der Waals surface area contributed by atoms with Crippen LogP contribution in [0.15, 0.2) is 64.5 Å². The topological polar surface area (TPSA) is 3.88 Å². The van der Waals surface area contributed by atoms with Crippen molar-refractivity contribution in [3.8, 4) is 11.3 Å². The van der Waals surface area contributed by atoms with E-state index in [1.807, 2.05) is 11.8 Å². The predicted molar refractivity (Wildman–Crippen MR) is 163 cm³/mol. The summed E-state index contributed by atoms with van der Waals surface area (Å²) in [5.74, 6) is 1.53. The predicted octanol–water partition coefficient (Wildman–Crippen LogP) is 9.65. The maximum absolute atomic E-state index is 2.51. The van der Waals surface area contributed by atoms with Crippen molar-refractivity contribution in [3.05, 3.63) is 77.0 Å². The Bertz CT molecular complexity index is 1750. The van der Waals surface area contributed by atoms with Crippen molar-refractivity contribution in [1.29, 1.82) is 0 Å². The van der Waals surface area contributed by atoms with Crippen molar-refractivity contribution in [2.75, 3.05) is 0 Å². The molecule has 1 saturated carbocycles. The molecule has 0 bridgehead atoms. The summed E-state index contributed by atoms with van der Waals surface area (Å²) in [4.78, 5) is 2.83. The SMILES string of the molecule is Cc1c2c(c(C)c3cc(CC(C)C)ccc13)-c1c3c(cc4ccc(CC5CCCC5)cc4c3cc[n+]1C)S2. The number of pyridine rings is 1. The fraction of sp³-hybridized carbons (Fsp3) is 0.361. The minimum Gasteiger partial charge on any atom is -0.200 e. The summed E-state index contributed by atoms with van der Waals surface area (Å²) in [7, 11) is 2.23. The van der Waals surface area contributed by atoms with Gasteiger partial charge in [-0.05, 0) is 88.4 Å². The van der Waals surface area contributed by atoms with Crippen molar-refractivity contribution in [2.45, 2.75) is 76.0 Å². The molecule has 1 aromatic heterocycles. The van der Waals surface area contributed by atoms with E-state index in [1.54, 1.807) is 0 Å². The monoisotopic (exact) mass is 516 g/mol. The van der Waals surface area contributed by atoms with Crippen molar-refractivity contribution in [3.63, 3.8) is 0 Å². The normalized spacial score (nSPS) is 15.3. The molecule has 1 fully saturated rings. The maximum Gasteiger partial charge on any atom is 0.222 e. The molecule has 2 heterocycles. The molecule has 0 radical (unpaired) electrons. The molecular formula is C36H38NS+. The summed E-state index contributed by atoms with van der Waals surface area (Å²) in [5.41, 5.74) is 8.60. The Morgan fingerprint density at radius 3 is 2.39 bits per heavy atom. The van der Waals surface area contributed by atoms with Gasteiger partial charge in [-0.25, -0.2) is 4.57 Å². The van der Waals surface area contributed by atoms with Crippen LogP contribution in [0, 0.1) is 25.7 Å². The van der Waals surface area contributed by atoms with E-state index in [2.05, 4.69) is 94.0 Å². The van der Waals surface area contributed by atoms with Crippen LogP contribution < -0.4 is 4.57 Å². The van der Waals surface area contributed by atoms with Crippen molar-refractivity contribution in [2.24, 2.45) is 18.9 Å². The number of fused-ring (bicyclic) bond motifs is 5. The van der Waals surface area contributed by atoms with Gasteiger partial charge in [0.15, 0.2) is 6.20 Å². The second-order valence-electron chi connectivity index (χ2n) is 12.4. The first kappa shape index (κ1) is 24.2. The molecule has 0 N–H and O–H groups in total. The van der Waals surface area contributed by atoms with Crippen LogP contribution in [-0.4, -0.2) is 0 Å². The van der Waals surface area contributed by atoms with Gasteiger partial charge in [-0.15, -0.1) is 0 Å². The van der Waals surface area contributed by atoms with E-state index >= 15 is 0 Å². The third-order valence-electron chi connectivity index (χ3n) is 9.19. The smallest absolute Gasteiger partial charge is 0.200 e. The molecular weight excluding hydrogens is 478 g/mol. The highest BCUT2D eigenvalue weighted by atomic mass is 32.2. The Hall–Kier alpha value is -2.84. The van der Waals surface area contributed by atoms with Gasteiger partial charge in [0.1, 0.15) is 7.05 Å². The van der Waals surface area contributed by atoms with Crippen LogP contribution in [-0.2, 0) is 19.9 Å². The van der Waals surface area contributed by atoms with E-state index in [4.69, 9.17) is 0 Å². The van der Waals surface area contributed by atoms with Gasteiger partial charge in [-0.2, -0.15) is 0 Å². The van der Waals surface area contributed by atoms with Gasteiger partial charge >= 0.3 is 0 Å². The average Bonchev–Trinajstić information content (AvgIpc) is 3.41. The van der Waals surface area contributed by atoms with Crippen LogP contribution >= 0.6 is 11.8 Å². The molecule has 1 aliphatic carbocycles. The Morgan fingerprint density at radius 2 is 1.61 bits per heavy atom. The lowest BCUT2D eigenvalue weighted by molar-refractivity contribution is -0.659. The summed E-state index contributed by atoms with van der Waals surface area (Å²) in [6.45, 7) is 9.31. The molecule has 192 valence electrons. The molecule has 4 aromatic carbocycles. The Morgan fingerprint density at radius 1 is 0.842 bits per heavy atom. The van der Waals surface area contributed by atoms with Crippen LogP contribution in [0.3, 0.4) is 0 Å². The summed E-state index contributed by atoms with van der Waals surface area (Å²) < 4.78 is 2.37. The van der Waals surface area contributed by atoms with Crippen molar-refractivity contribution < 1.29 is 4.57 Å². The van der Waals surface area contributed by atoms with Gasteiger partial charge in [0.25, 0.3) is 0 Å². The second-order valence-corrected chi connectivity index (χ2v) is 13.4. The lowest BCUT2D eigenvalue weighted by Crippen LogP contribution is -2.32. The zero-order chi connectivity index (χ0) is 26.1. The van der Waals surface area contributed by atoms with Crippen LogP contribution in [0.5, 0.6) is 0 Å². The molecule has 1 nitrogen and oxygen atoms in total. The number of benzene rings is 4. The van der Waals surface area contributed by atoms with E-state index in [0.717, 1.165) is 12.3 Å². The quantitative estimate of drug-likeness (QED) is 0.167. The van der Waals surface area contributed by atoms with Gasteiger partial charge in [0, 0.05) is 21.2 Å². The summed E-state index contributed by atoms with van der Waals surface area (Å²) in [5, 5.41) is 8.43. The fourth-order valence-electron chi connectivity index (χ4n) is 7.32. The highest BCUT2D eigenvalue weighted by molar-refractivity contribution is 8.00. The molecule has 2 heteroatoms. The van der Waals surface area contributed by atoms with Crippen LogP contribution in [0.1, 0.15) is 61.8 Å². The summed E-state index contributed by atoms with van der Waals surface area (Å²) >= 11 is 1.99. The third-order valence-corrected chi connectivity index (χ3v) is 10.4. The van der Waals surface area contributed by atoms with Gasteiger partial charge in [0.05, 0.1) is 10.9 Å². The number of hydrogen-bond acceptors (Lipinski definition) is 1. The number of hydrogen-bond donors (Lipinski definition) is 0. The zero-order valence-electron chi connectivity index (χ0n) is 23.4. The van der Waals surface area contributed by atoms with E-state index in [9.17, 15) is 0 Å². The maximum atomic E-state index is 2.51. The van der Waals surface area contributed by atoms with Crippen LogP contribution in [0.2, 0.25) is 0 Å². The van der Waals surface area contributed by atoms with Gasteiger partial charge in [-0.1, -0.05) is 87.7 Å². The van der Waals surface area contributed by atoms with Crippen LogP contribution in [0.4, 0.5) is 0 Å². The largest absolute Gasteiger partial charge is 0.222 e. The van der Waals surface area contributed by atoms with E-state index < -0.39 is 0 Å². The van der Waals surface area contributed by atoms with Gasteiger partial charge < -0.3 is 0 Å². The minimum atomic E-state index is 0.660. The molecule has 2 aliphatic rings. The Kier molecular flexibility index (Phi) is 5.82. The molecule has 1 aliphatic heterocycles. The number of aryl methyl sites for hydroxylation is 3. The zero-order valence-corrected chi connectivity index (χ0v) is 24.3. The molecule has 38 heavy (non-hydrogen) atoms. The fourth-order valence-corrected chi connectivity index (χ4v) is 8.65. The second kappa shape index (κ2) is 9.12. The molecule has 0 spiro atoms. The summed E-state index contributed by atoms with van der Waals surface area (Å²) in [6.07, 6.45) is 10.3. The van der Waals surface area contributed by atoms with Gasteiger partial charge in [-0.3, -0.25) is 0 Å². The highest BCUT2D eigenvalue weighted by Crippen LogP contribution is 2.52. The van der Waals surface area contributed by atoms with Crippen LogP contribution in [0.25, 0.3) is 43.6 Å². The van der Waals surface area contributed by atoms with E-state index in [1.165, 1.54) is 108 Å². The first-order valence-corrected chi connectivity index (χ1v) is 15.3. The van der Waals surface area contributed by atoms with Gasteiger partial charge in [0.2, 0.25) is 5.69 Å². The number of rotatable bonds is 4. The third kappa shape index (κ3) is 3.79. The standard InChI is InChI=1S/C36H38NS/c1-21(2)16-25-11-13-28-23(4)36-33(22(3)30(28)18-25)35-34-29(14-15-37(35)5)31-19-26(17-24-8-6-7-9-24)10-12-27(31)20-32(34)38-36/h10-15,18-21,24H,6-9,16-17H2,1-5H3/q+1. The average molecular weight is 517 g/mol. The molecule has 5 aromatic rings. The highest BCUT2D eigenvalue weighted by Gasteiger charge is 2.31. The van der Waals surface area contributed by atoms with Crippen molar-refractivity contribution >= 4 is 44.1 Å². The Labute approximate surface area is 231 Å². The number of nitrogens with zero attached hydrogens (tertiary/aromatic N) is 1. The lowest BCUT2D eigenvalue weighted by atomic mass is 9.88. The molecule has 0 saturated heterocycles. The molecule has 0 amide bonds. The molecule has 0 atom stereocenters. The lowest BCUT2D eigenvalue weighted by Gasteiger charge is -2.24. The van der Waals surface area contributed by atoms with E-state index in [-0.39, 0.29) is 0 Å². The summed E-state index contributed by atoms with van der Waals surface area (Å²) in [6, 6.07) is 19.3. The Balaban J connectivity index is 1.48. The first-order valence-electron chi connectivity index (χ1n) is 14.5. The first-order chi connectivity index (χ1) is 18.4. The number of aromatic nitrogens is 1. The van der Waals surface area contributed by atoms with E-state index in [0.29, 0.717) is 5.92 Å². The molecule has 0 unspecified atom stereocenters. The minimum absolute atomic E-state index is 0.660.